The van der Waals surface area contributed by atoms with Gasteiger partial charge in [0.15, 0.2) is 0 Å². The Morgan fingerprint density at radius 1 is 1.32 bits per heavy atom. The molecule has 0 spiro atoms. The van der Waals surface area contributed by atoms with E-state index < -0.39 is 5.91 Å². The highest BCUT2D eigenvalue weighted by Gasteiger charge is 2.29. The topological polar surface area (TPSA) is 99.5 Å². The van der Waals surface area contributed by atoms with Gasteiger partial charge in [-0.1, -0.05) is 0 Å². The summed E-state index contributed by atoms with van der Waals surface area (Å²) in [6, 6.07) is 8.26. The second kappa shape index (κ2) is 8.83. The number of ether oxygens (including phenoxy) is 1. The van der Waals surface area contributed by atoms with Crippen LogP contribution in [0.25, 0.3) is 0 Å². The summed E-state index contributed by atoms with van der Waals surface area (Å²) in [6.07, 6.45) is 1.27. The van der Waals surface area contributed by atoms with Crippen LogP contribution >= 0.6 is 0 Å². The third kappa shape index (κ3) is 5.05. The summed E-state index contributed by atoms with van der Waals surface area (Å²) in [5, 5.41) is 11.1. The number of esters is 1. The van der Waals surface area contributed by atoms with E-state index in [1.54, 1.807) is 42.2 Å². The molecule has 0 saturated carbocycles. The van der Waals surface area contributed by atoms with Crippen molar-refractivity contribution in [2.45, 2.75) is 26.2 Å². The average molecular weight is 343 g/mol. The molecule has 1 atom stereocenters. The zero-order valence-electron chi connectivity index (χ0n) is 14.2. The van der Waals surface area contributed by atoms with Crippen LogP contribution in [0.4, 0.5) is 5.69 Å². The maximum atomic E-state index is 12.6. The minimum absolute atomic E-state index is 0.149. The SMILES string of the molecule is CCOC(=O)C1CCCN(C(=O)c2ccc(NC(=O)CC#N)cc2)C1. The molecule has 1 fully saturated rings. The number of carbonyl (C=O) groups excluding carboxylic acids is 3. The van der Waals surface area contributed by atoms with Crippen LogP contribution in [0.3, 0.4) is 0 Å². The van der Waals surface area contributed by atoms with Gasteiger partial charge in [0.05, 0.1) is 18.6 Å². The molecule has 0 aromatic heterocycles. The van der Waals surface area contributed by atoms with Crippen molar-refractivity contribution in [3.05, 3.63) is 29.8 Å². The number of anilines is 1. The van der Waals surface area contributed by atoms with Gasteiger partial charge in [0.25, 0.3) is 5.91 Å². The highest BCUT2D eigenvalue weighted by atomic mass is 16.5. The fourth-order valence-corrected chi connectivity index (χ4v) is 2.77. The van der Waals surface area contributed by atoms with Crippen molar-refractivity contribution in [2.75, 3.05) is 25.0 Å². The zero-order chi connectivity index (χ0) is 18.2. The van der Waals surface area contributed by atoms with Gasteiger partial charge >= 0.3 is 5.97 Å². The fourth-order valence-electron chi connectivity index (χ4n) is 2.77. The Balaban J connectivity index is 1.99. The lowest BCUT2D eigenvalue weighted by Gasteiger charge is -2.31. The van der Waals surface area contributed by atoms with Gasteiger partial charge in [-0.15, -0.1) is 0 Å². The Kier molecular flexibility index (Phi) is 6.52. The molecule has 1 unspecified atom stereocenters. The molecule has 7 nitrogen and oxygen atoms in total. The van der Waals surface area contributed by atoms with Crippen molar-refractivity contribution >= 4 is 23.5 Å². The Bertz CT molecular complexity index is 679. The number of piperidine rings is 1. The van der Waals surface area contributed by atoms with Crippen LogP contribution in [-0.4, -0.2) is 42.4 Å². The monoisotopic (exact) mass is 343 g/mol. The minimum atomic E-state index is -0.394. The first-order valence-corrected chi connectivity index (χ1v) is 8.28. The Morgan fingerprint density at radius 3 is 2.68 bits per heavy atom. The van der Waals surface area contributed by atoms with Gasteiger partial charge in [0, 0.05) is 24.3 Å². The van der Waals surface area contributed by atoms with Gasteiger partial charge in [0.2, 0.25) is 5.91 Å². The summed E-state index contributed by atoms with van der Waals surface area (Å²) in [5.41, 5.74) is 1.02. The van der Waals surface area contributed by atoms with Crippen LogP contribution < -0.4 is 5.32 Å². The molecule has 1 N–H and O–H groups in total. The highest BCUT2D eigenvalue weighted by Crippen LogP contribution is 2.20. The van der Waals surface area contributed by atoms with Gasteiger partial charge in [-0.3, -0.25) is 14.4 Å². The number of benzene rings is 1. The summed E-state index contributed by atoms with van der Waals surface area (Å²) >= 11 is 0. The Hall–Kier alpha value is -2.88. The van der Waals surface area contributed by atoms with E-state index in [0.29, 0.717) is 30.9 Å². The second-order valence-electron chi connectivity index (χ2n) is 5.80. The van der Waals surface area contributed by atoms with Crippen molar-refractivity contribution in [1.82, 2.24) is 4.90 Å². The molecule has 0 radical (unpaired) electrons. The van der Waals surface area contributed by atoms with Crippen LogP contribution in [0, 0.1) is 17.2 Å². The molecule has 0 aliphatic carbocycles. The van der Waals surface area contributed by atoms with Crippen LogP contribution in [0.5, 0.6) is 0 Å². The Labute approximate surface area is 146 Å². The standard InChI is InChI=1S/C18H21N3O4/c1-2-25-18(24)14-4-3-11-21(12-14)17(23)13-5-7-15(8-6-13)20-16(22)9-10-19/h5-8,14H,2-4,9,11-12H2,1H3,(H,20,22). The fraction of sp³-hybridized carbons (Fsp3) is 0.444. The van der Waals surface area contributed by atoms with Crippen LogP contribution in [-0.2, 0) is 14.3 Å². The molecular formula is C18H21N3O4. The lowest BCUT2D eigenvalue weighted by atomic mass is 9.97. The number of rotatable bonds is 5. The third-order valence-corrected chi connectivity index (χ3v) is 3.98. The number of hydrogen-bond acceptors (Lipinski definition) is 5. The number of nitrogens with zero attached hydrogens (tertiary/aromatic N) is 2. The molecule has 132 valence electrons. The average Bonchev–Trinajstić information content (AvgIpc) is 2.62. The third-order valence-electron chi connectivity index (χ3n) is 3.98. The summed E-state index contributed by atoms with van der Waals surface area (Å²) in [6.45, 7) is 3.07. The van der Waals surface area contributed by atoms with E-state index in [1.807, 2.05) is 0 Å². The highest BCUT2D eigenvalue weighted by molar-refractivity contribution is 5.96. The quantitative estimate of drug-likeness (QED) is 0.824. The van der Waals surface area contributed by atoms with Crippen molar-refractivity contribution in [1.29, 1.82) is 5.26 Å². The lowest BCUT2D eigenvalue weighted by molar-refractivity contribution is -0.149. The predicted molar refractivity (Wildman–Crippen MR) is 90.6 cm³/mol. The molecule has 1 saturated heterocycles. The van der Waals surface area contributed by atoms with E-state index in [0.717, 1.165) is 12.8 Å². The summed E-state index contributed by atoms with van der Waals surface area (Å²) in [7, 11) is 0. The molecule has 1 aliphatic rings. The van der Waals surface area contributed by atoms with Crippen molar-refractivity contribution in [3.63, 3.8) is 0 Å². The smallest absolute Gasteiger partial charge is 0.310 e. The van der Waals surface area contributed by atoms with Gasteiger partial charge in [-0.05, 0) is 44.0 Å². The molecule has 25 heavy (non-hydrogen) atoms. The number of nitrogens with one attached hydrogen (secondary N) is 1. The number of nitriles is 1. The lowest BCUT2D eigenvalue weighted by Crippen LogP contribution is -2.42. The zero-order valence-corrected chi connectivity index (χ0v) is 14.2. The molecule has 1 aliphatic heterocycles. The van der Waals surface area contributed by atoms with E-state index in [2.05, 4.69) is 5.32 Å². The first-order chi connectivity index (χ1) is 12.0. The molecule has 7 heteroatoms. The van der Waals surface area contributed by atoms with E-state index >= 15 is 0 Å². The minimum Gasteiger partial charge on any atom is -0.466 e. The Morgan fingerprint density at radius 2 is 2.04 bits per heavy atom. The second-order valence-corrected chi connectivity index (χ2v) is 5.80. The van der Waals surface area contributed by atoms with Gasteiger partial charge < -0.3 is 15.0 Å². The molecule has 1 aromatic carbocycles. The van der Waals surface area contributed by atoms with Gasteiger partial charge in [0.1, 0.15) is 6.42 Å². The first kappa shape index (κ1) is 18.5. The predicted octanol–water partition coefficient (Wildman–Crippen LogP) is 1.95. The number of amides is 2. The number of likely N-dealkylation sites (tertiary alicyclic amines) is 1. The van der Waals surface area contributed by atoms with Crippen LogP contribution in [0.1, 0.15) is 36.5 Å². The van der Waals surface area contributed by atoms with Crippen molar-refractivity contribution in [2.24, 2.45) is 5.92 Å². The van der Waals surface area contributed by atoms with Crippen molar-refractivity contribution in [3.8, 4) is 6.07 Å². The molecule has 1 heterocycles. The summed E-state index contributed by atoms with van der Waals surface area (Å²) in [5.74, 6) is -1.07. The molecule has 2 rings (SSSR count). The maximum Gasteiger partial charge on any atom is 0.310 e. The first-order valence-electron chi connectivity index (χ1n) is 8.28. The van der Waals surface area contributed by atoms with Gasteiger partial charge in [-0.2, -0.15) is 5.26 Å². The van der Waals surface area contributed by atoms with Gasteiger partial charge in [-0.25, -0.2) is 0 Å². The van der Waals surface area contributed by atoms with Crippen LogP contribution in [0.2, 0.25) is 0 Å². The van der Waals surface area contributed by atoms with E-state index in [9.17, 15) is 14.4 Å². The maximum absolute atomic E-state index is 12.6. The normalized spacial score (nSPS) is 16.6. The van der Waals surface area contributed by atoms with Crippen LogP contribution in [0.15, 0.2) is 24.3 Å². The molecule has 0 bridgehead atoms. The molecule has 1 aromatic rings. The van der Waals surface area contributed by atoms with E-state index in [1.165, 1.54) is 0 Å². The summed E-state index contributed by atoms with van der Waals surface area (Å²) in [4.78, 5) is 37.5. The largest absolute Gasteiger partial charge is 0.466 e. The molecular weight excluding hydrogens is 322 g/mol. The van der Waals surface area contributed by atoms with Crippen molar-refractivity contribution < 1.29 is 19.1 Å². The number of carbonyl (C=O) groups is 3. The van der Waals surface area contributed by atoms with E-state index in [-0.39, 0.29) is 24.2 Å². The van der Waals surface area contributed by atoms with E-state index in [4.69, 9.17) is 10.00 Å². The molecule has 2 amide bonds. The summed E-state index contributed by atoms with van der Waals surface area (Å²) < 4.78 is 5.05. The number of hydrogen-bond donors (Lipinski definition) is 1.